The first-order chi connectivity index (χ1) is 12.3. The number of benzene rings is 1. The summed E-state index contributed by atoms with van der Waals surface area (Å²) in [5, 5.41) is 8.52. The number of halogens is 1. The van der Waals surface area contributed by atoms with Gasteiger partial charge >= 0.3 is 0 Å². The lowest BCUT2D eigenvalue weighted by molar-refractivity contribution is 0.122. The van der Waals surface area contributed by atoms with Crippen molar-refractivity contribution in [2.24, 2.45) is 4.99 Å². The molecule has 5 nitrogen and oxygen atoms in total. The molecule has 2 aromatic rings. The van der Waals surface area contributed by atoms with Crippen LogP contribution in [0, 0.1) is 5.82 Å². The molecule has 0 spiro atoms. The van der Waals surface area contributed by atoms with Crippen molar-refractivity contribution < 1.29 is 9.13 Å². The molecule has 1 fully saturated rings. The van der Waals surface area contributed by atoms with E-state index in [1.54, 1.807) is 24.5 Å². The van der Waals surface area contributed by atoms with Gasteiger partial charge in [-0.05, 0) is 29.1 Å². The Kier molecular flexibility index (Phi) is 6.25. The van der Waals surface area contributed by atoms with Crippen molar-refractivity contribution >= 4 is 23.0 Å². The summed E-state index contributed by atoms with van der Waals surface area (Å²) in [6.45, 7) is 4.00. The van der Waals surface area contributed by atoms with Crippen molar-refractivity contribution in [3.8, 4) is 0 Å². The molecule has 1 aliphatic rings. The van der Waals surface area contributed by atoms with Crippen molar-refractivity contribution in [2.45, 2.75) is 13.1 Å². The number of nitrogens with zero attached hydrogens (tertiary/aromatic N) is 2. The van der Waals surface area contributed by atoms with E-state index in [2.05, 4.69) is 21.7 Å². The highest BCUT2D eigenvalue weighted by atomic mass is 32.1. The van der Waals surface area contributed by atoms with Gasteiger partial charge in [-0.3, -0.25) is 4.99 Å². The van der Waals surface area contributed by atoms with E-state index < -0.39 is 0 Å². The average molecular weight is 362 g/mol. The minimum atomic E-state index is -0.192. The van der Waals surface area contributed by atoms with Crippen molar-refractivity contribution in [3.63, 3.8) is 0 Å². The Balaban J connectivity index is 1.54. The molecule has 0 bridgehead atoms. The molecule has 25 heavy (non-hydrogen) atoms. The molecule has 0 atom stereocenters. The monoisotopic (exact) mass is 362 g/mol. The van der Waals surface area contributed by atoms with Gasteiger partial charge in [0.1, 0.15) is 5.82 Å². The van der Waals surface area contributed by atoms with Gasteiger partial charge in [0.15, 0.2) is 5.96 Å². The summed E-state index contributed by atoms with van der Waals surface area (Å²) < 4.78 is 19.7. The lowest BCUT2D eigenvalue weighted by atomic mass is 10.1. The van der Waals surface area contributed by atoms with Crippen LogP contribution in [0.1, 0.15) is 10.4 Å². The van der Waals surface area contributed by atoms with Crippen LogP contribution in [0.25, 0.3) is 0 Å². The van der Waals surface area contributed by atoms with Crippen molar-refractivity contribution in [1.29, 1.82) is 0 Å². The molecule has 0 saturated carbocycles. The maximum absolute atomic E-state index is 14.4. The molecule has 134 valence electrons. The average Bonchev–Trinajstić information content (AvgIpc) is 3.16. The largest absolute Gasteiger partial charge is 0.378 e. The van der Waals surface area contributed by atoms with E-state index in [-0.39, 0.29) is 5.82 Å². The van der Waals surface area contributed by atoms with Gasteiger partial charge in [0, 0.05) is 31.6 Å². The Morgan fingerprint density at radius 2 is 2.04 bits per heavy atom. The lowest BCUT2D eigenvalue weighted by Gasteiger charge is -2.29. The van der Waals surface area contributed by atoms with Gasteiger partial charge in [-0.1, -0.05) is 12.1 Å². The number of nitrogens with one attached hydrogen (secondary N) is 2. The van der Waals surface area contributed by atoms with Gasteiger partial charge in [-0.25, -0.2) is 4.39 Å². The van der Waals surface area contributed by atoms with E-state index >= 15 is 0 Å². The van der Waals surface area contributed by atoms with Crippen LogP contribution in [0.15, 0.2) is 40.7 Å². The second-order valence-corrected chi connectivity index (χ2v) is 6.78. The van der Waals surface area contributed by atoms with Crippen LogP contribution >= 0.6 is 11.3 Å². The zero-order chi connectivity index (χ0) is 17.5. The summed E-state index contributed by atoms with van der Waals surface area (Å²) in [4.78, 5) is 7.46. The molecule has 1 aromatic carbocycles. The summed E-state index contributed by atoms with van der Waals surface area (Å²) in [6, 6.07) is 9.48. The topological polar surface area (TPSA) is 48.9 Å². The summed E-state index contributed by atoms with van der Waals surface area (Å²) in [5.41, 5.74) is 1.53. The van der Waals surface area contributed by atoms with Crippen molar-refractivity contribution in [2.75, 3.05) is 38.3 Å². The summed E-state index contributed by atoms with van der Waals surface area (Å²) in [6.07, 6.45) is 0. The van der Waals surface area contributed by atoms with E-state index in [4.69, 9.17) is 4.74 Å². The highest BCUT2D eigenvalue weighted by molar-refractivity contribution is 7.09. The molecule has 1 saturated heterocycles. The Bertz CT molecular complexity index is 699. The minimum absolute atomic E-state index is 0.192. The van der Waals surface area contributed by atoms with E-state index in [0.717, 1.165) is 25.2 Å². The molecule has 1 aliphatic heterocycles. The first-order valence-electron chi connectivity index (χ1n) is 8.34. The zero-order valence-electron chi connectivity index (χ0n) is 14.3. The van der Waals surface area contributed by atoms with Crippen LogP contribution in [0.2, 0.25) is 0 Å². The van der Waals surface area contributed by atoms with E-state index in [1.165, 1.54) is 4.88 Å². The van der Waals surface area contributed by atoms with Crippen LogP contribution < -0.4 is 15.5 Å². The molecule has 3 rings (SSSR count). The number of guanidine groups is 1. The maximum Gasteiger partial charge on any atom is 0.191 e. The first kappa shape index (κ1) is 17.7. The Morgan fingerprint density at radius 3 is 2.72 bits per heavy atom. The number of anilines is 1. The molecule has 0 aliphatic carbocycles. The van der Waals surface area contributed by atoms with Crippen LogP contribution in [0.3, 0.4) is 0 Å². The highest BCUT2D eigenvalue weighted by Gasteiger charge is 2.15. The third kappa shape index (κ3) is 4.93. The Hall–Kier alpha value is -2.12. The lowest BCUT2D eigenvalue weighted by Crippen LogP contribution is -2.37. The summed E-state index contributed by atoms with van der Waals surface area (Å²) in [5.74, 6) is 0.508. The van der Waals surface area contributed by atoms with E-state index in [9.17, 15) is 4.39 Å². The standard InChI is InChI=1S/C18H23FN4OS/c1-20-18(22-13-15-3-2-10-25-15)21-12-14-4-5-17(16(19)11-14)23-6-8-24-9-7-23/h2-5,10-11H,6-9,12-13H2,1H3,(H2,20,21,22). The number of morpholine rings is 1. The maximum atomic E-state index is 14.4. The minimum Gasteiger partial charge on any atom is -0.378 e. The molecular formula is C18H23FN4OS. The number of rotatable bonds is 5. The second-order valence-electron chi connectivity index (χ2n) is 5.74. The number of aliphatic imine (C=N–C) groups is 1. The fourth-order valence-electron chi connectivity index (χ4n) is 2.71. The molecule has 2 N–H and O–H groups in total. The summed E-state index contributed by atoms with van der Waals surface area (Å²) in [7, 11) is 1.73. The number of thiophene rings is 1. The third-order valence-electron chi connectivity index (χ3n) is 4.06. The predicted molar refractivity (Wildman–Crippen MR) is 101 cm³/mol. The second kappa shape index (κ2) is 8.82. The molecule has 0 radical (unpaired) electrons. The van der Waals surface area contributed by atoms with Crippen LogP contribution in [0.5, 0.6) is 0 Å². The van der Waals surface area contributed by atoms with Gasteiger partial charge in [0.2, 0.25) is 0 Å². The quantitative estimate of drug-likeness (QED) is 0.634. The van der Waals surface area contributed by atoms with E-state index in [0.29, 0.717) is 31.4 Å². The van der Waals surface area contributed by atoms with Crippen LogP contribution in [0.4, 0.5) is 10.1 Å². The molecule has 0 amide bonds. The predicted octanol–water partition coefficient (Wildman–Crippen LogP) is 2.59. The van der Waals surface area contributed by atoms with Gasteiger partial charge in [-0.15, -0.1) is 11.3 Å². The smallest absolute Gasteiger partial charge is 0.191 e. The zero-order valence-corrected chi connectivity index (χ0v) is 15.1. The fraction of sp³-hybridized carbons (Fsp3) is 0.389. The molecular weight excluding hydrogens is 339 g/mol. The normalized spacial score (nSPS) is 15.3. The number of hydrogen-bond acceptors (Lipinski definition) is 4. The van der Waals surface area contributed by atoms with Crippen molar-refractivity contribution in [3.05, 3.63) is 52.0 Å². The number of hydrogen-bond donors (Lipinski definition) is 2. The van der Waals surface area contributed by atoms with Crippen LogP contribution in [-0.4, -0.2) is 39.3 Å². The SMILES string of the molecule is CN=C(NCc1ccc(N2CCOCC2)c(F)c1)NCc1cccs1. The van der Waals surface area contributed by atoms with Gasteiger partial charge in [0.25, 0.3) is 0 Å². The van der Waals surface area contributed by atoms with Crippen LogP contribution in [-0.2, 0) is 17.8 Å². The summed E-state index contributed by atoms with van der Waals surface area (Å²) >= 11 is 1.70. The first-order valence-corrected chi connectivity index (χ1v) is 9.22. The van der Waals surface area contributed by atoms with Gasteiger partial charge < -0.3 is 20.3 Å². The van der Waals surface area contributed by atoms with E-state index in [1.807, 2.05) is 28.5 Å². The molecule has 0 unspecified atom stereocenters. The highest BCUT2D eigenvalue weighted by Crippen LogP contribution is 2.21. The molecule has 7 heteroatoms. The Morgan fingerprint density at radius 1 is 1.24 bits per heavy atom. The van der Waals surface area contributed by atoms with Gasteiger partial charge in [0.05, 0.1) is 25.4 Å². The fourth-order valence-corrected chi connectivity index (χ4v) is 3.36. The third-order valence-corrected chi connectivity index (χ3v) is 4.93. The molecule has 2 heterocycles. The van der Waals surface area contributed by atoms with Crippen molar-refractivity contribution in [1.82, 2.24) is 10.6 Å². The Labute approximate surface area is 151 Å². The molecule has 1 aromatic heterocycles. The van der Waals surface area contributed by atoms with Gasteiger partial charge in [-0.2, -0.15) is 0 Å². The number of ether oxygens (including phenoxy) is 1.